The van der Waals surface area contributed by atoms with Crippen molar-refractivity contribution in [3.8, 4) is 0 Å². The van der Waals surface area contributed by atoms with Gasteiger partial charge in [-0.1, -0.05) is 92.6 Å². The predicted molar refractivity (Wildman–Crippen MR) is 434 cm³/mol. The zero-order valence-corrected chi connectivity index (χ0v) is 66.7. The molecule has 114 heavy (non-hydrogen) atoms. The van der Waals surface area contributed by atoms with Gasteiger partial charge < -0.3 is 96.2 Å². The van der Waals surface area contributed by atoms with Gasteiger partial charge in [0, 0.05) is 40.9 Å². The van der Waals surface area contributed by atoms with E-state index in [4.69, 9.17) is 27.7 Å². The van der Waals surface area contributed by atoms with Crippen molar-refractivity contribution in [2.75, 3.05) is 74.0 Å². The van der Waals surface area contributed by atoms with E-state index in [1.807, 2.05) is 18.2 Å². The van der Waals surface area contributed by atoms with Crippen molar-refractivity contribution in [1.82, 2.24) is 47.9 Å². The summed E-state index contributed by atoms with van der Waals surface area (Å²) in [7, 11) is 0. The lowest BCUT2D eigenvalue weighted by Gasteiger charge is -2.29. The molecule has 35 nitrogen and oxygen atoms in total. The number of amides is 9. The number of para-hydroxylation sites is 1. The number of non-ortho nitro benzene ring substituents is 1. The number of nitro groups is 2. The van der Waals surface area contributed by atoms with Gasteiger partial charge in [-0.05, 0) is 165 Å². The van der Waals surface area contributed by atoms with Gasteiger partial charge in [0.05, 0.1) is 47.4 Å². The van der Waals surface area contributed by atoms with Crippen molar-refractivity contribution >= 4 is 111 Å². The molecular weight excluding hydrogens is 1520 g/mol. The van der Waals surface area contributed by atoms with E-state index in [1.54, 1.807) is 81.6 Å². The third-order valence-corrected chi connectivity index (χ3v) is 20.0. The number of anilines is 2. The molecule has 0 saturated carbocycles. The molecule has 0 radical (unpaired) electrons. The highest BCUT2D eigenvalue weighted by atomic mass is 32.2. The number of carboxylic acids is 1. The lowest BCUT2D eigenvalue weighted by molar-refractivity contribution is -0.393. The number of ether oxygens (including phenoxy) is 1. The first-order chi connectivity index (χ1) is 54.5. The molecule has 0 unspecified atom stereocenters. The Morgan fingerprint density at radius 1 is 0.561 bits per heavy atom. The number of aliphatic carboxylic acids is 1. The van der Waals surface area contributed by atoms with E-state index in [2.05, 4.69) is 53.2 Å². The summed E-state index contributed by atoms with van der Waals surface area (Å²) in [5.74, 6) is -10.1. The smallest absolute Gasteiger partial charge is 0.326 e. The Hall–Kier alpha value is -10.2. The molecule has 0 aliphatic rings. The summed E-state index contributed by atoms with van der Waals surface area (Å²) >= 11 is 2.51. The predicted octanol–water partition coefficient (Wildman–Crippen LogP) is 3.12. The molecule has 0 fully saturated rings. The zero-order chi connectivity index (χ0) is 84.2. The number of carbonyl (C=O) groups is 11. The number of nitrogens with one attached hydrogen (secondary N) is 10. The van der Waals surface area contributed by atoms with E-state index in [1.165, 1.54) is 36.9 Å². The Kier molecular flexibility index (Phi) is 44.1. The number of carboxylic acid groups (broad SMARTS) is 1. The number of aliphatic hydroxyl groups excluding tert-OH is 2. The molecule has 4 aromatic rings. The molecule has 0 saturated heterocycles. The minimum absolute atomic E-state index is 0.00501. The van der Waals surface area contributed by atoms with Crippen LogP contribution in [0.3, 0.4) is 0 Å². The number of hydrogen-bond acceptors (Lipinski definition) is 25. The Labute approximate surface area is 671 Å². The minimum Gasteiger partial charge on any atom is -0.480 e. The Morgan fingerprint density at radius 3 is 1.61 bits per heavy atom. The summed E-state index contributed by atoms with van der Waals surface area (Å²) in [6.07, 6.45) is 4.00. The van der Waals surface area contributed by atoms with Crippen LogP contribution >= 0.6 is 23.5 Å². The molecule has 4 aromatic carbocycles. The van der Waals surface area contributed by atoms with Crippen LogP contribution in [-0.4, -0.2) is 213 Å². The average molecular weight is 1630 g/mol. The van der Waals surface area contributed by atoms with Crippen LogP contribution in [0.15, 0.2) is 109 Å². The number of unbranched alkanes of at least 4 members (excludes halogenated alkanes) is 4. The van der Waals surface area contributed by atoms with Gasteiger partial charge >= 0.3 is 5.97 Å². The second-order valence-corrected chi connectivity index (χ2v) is 29.4. The molecule has 0 aliphatic heterocycles. The summed E-state index contributed by atoms with van der Waals surface area (Å²) in [6.45, 7) is 6.23. The van der Waals surface area contributed by atoms with Crippen LogP contribution in [0, 0.1) is 26.1 Å². The number of carbonyl (C=O) groups excluding carboxylic acids is 10. The number of thioether (sulfide) groups is 2. The Bertz CT molecular complexity index is 3860. The lowest BCUT2D eigenvalue weighted by Crippen LogP contribution is -2.62. The van der Waals surface area contributed by atoms with Gasteiger partial charge in [0.25, 0.3) is 17.3 Å². The molecule has 4 rings (SSSR count). The summed E-state index contributed by atoms with van der Waals surface area (Å²) in [4.78, 5) is 177. The third-order valence-electron chi connectivity index (χ3n) is 18.4. The van der Waals surface area contributed by atoms with E-state index < -0.39 is 153 Å². The largest absolute Gasteiger partial charge is 0.480 e. The number of aliphatic hydroxyl groups is 2. The van der Waals surface area contributed by atoms with Crippen molar-refractivity contribution in [3.05, 3.63) is 151 Å². The maximum Gasteiger partial charge on any atom is 0.326 e. The first-order valence-electron chi connectivity index (χ1n) is 37.9. The molecule has 0 heterocycles. The summed E-state index contributed by atoms with van der Waals surface area (Å²) < 4.78 is 6.03. The molecule has 0 spiro atoms. The molecule has 11 atom stereocenters. The molecule has 0 bridgehead atoms. The van der Waals surface area contributed by atoms with Crippen LogP contribution in [0.2, 0.25) is 0 Å². The highest BCUT2D eigenvalue weighted by molar-refractivity contribution is 7.99. The van der Waals surface area contributed by atoms with Crippen LogP contribution in [0.4, 0.5) is 22.7 Å². The number of rotatable bonds is 56. The van der Waals surface area contributed by atoms with Crippen molar-refractivity contribution in [1.29, 1.82) is 0 Å². The van der Waals surface area contributed by atoms with E-state index in [0.29, 0.717) is 49.0 Å². The quantitative estimate of drug-likeness (QED) is 0.00754. The molecule has 9 amide bonds. The molecule has 0 aliphatic carbocycles. The normalized spacial score (nSPS) is 14.2. The molecule has 21 N–H and O–H groups in total. The topological polar surface area (TPSA) is 568 Å². The second kappa shape index (κ2) is 52.3. The van der Waals surface area contributed by atoms with Gasteiger partial charge in [-0.2, -0.15) is 23.5 Å². The fourth-order valence-electron chi connectivity index (χ4n) is 11.6. The Morgan fingerprint density at radius 2 is 1.06 bits per heavy atom. The van der Waals surface area contributed by atoms with Gasteiger partial charge in [0.2, 0.25) is 47.3 Å². The van der Waals surface area contributed by atoms with Crippen molar-refractivity contribution in [3.63, 3.8) is 0 Å². The number of ketones is 1. The highest BCUT2D eigenvalue weighted by Crippen LogP contribution is 2.29. The highest BCUT2D eigenvalue weighted by Gasteiger charge is 2.38. The van der Waals surface area contributed by atoms with Crippen LogP contribution in [-0.2, 0) is 54.5 Å². The first-order valence-corrected chi connectivity index (χ1v) is 40.4. The van der Waals surface area contributed by atoms with Gasteiger partial charge in [0.15, 0.2) is 5.78 Å². The molecule has 626 valence electrons. The number of nitrogen functional groups attached to an aromatic ring is 1. The van der Waals surface area contributed by atoms with Crippen molar-refractivity contribution < 1.29 is 82.6 Å². The van der Waals surface area contributed by atoms with Crippen LogP contribution in [0.5, 0.6) is 0 Å². The minimum atomic E-state index is -1.85. The van der Waals surface area contributed by atoms with E-state index >= 15 is 4.79 Å². The van der Waals surface area contributed by atoms with Crippen LogP contribution < -0.4 is 76.1 Å². The van der Waals surface area contributed by atoms with E-state index in [-0.39, 0.29) is 131 Å². The number of benzene rings is 4. The maximum absolute atomic E-state index is 15.1. The Balaban J connectivity index is 1.70. The number of nitrogens with zero attached hydrogens (tertiary/aromatic N) is 2. The van der Waals surface area contributed by atoms with Crippen LogP contribution in [0.25, 0.3) is 0 Å². The second-order valence-electron chi connectivity index (χ2n) is 27.3. The van der Waals surface area contributed by atoms with E-state index in [0.717, 1.165) is 35.0 Å². The summed E-state index contributed by atoms with van der Waals surface area (Å²) in [5, 5.41) is 81.4. The summed E-state index contributed by atoms with van der Waals surface area (Å²) in [6, 6.07) is 11.4. The molecule has 0 aromatic heterocycles. The third kappa shape index (κ3) is 33.5. The standard InChI is InChI=1S/C77H112N16O19S2/c1-6-48(3)65(75(104)87-61(77(106)107)34-39-113-5)90-71(100)60(30-15-19-38-82-56-32-31-53(92(108)109)42-64(56)93(110)111)85-74(103)63(46-114-40-33-47(2)44-112-45-50-21-20-24-52(41-50)67(96)51-22-8-7-9-23-51)89-70(99)58(28-13-17-36-79)86-76(105)66(49(4)95)91-72(101)59(29-14-18-37-80)84-73(102)62(43-94)88-69(98)57(27-12-16-35-78)83-68(97)54-25-10-11-26-55(54)81/h7-11,20-26,31-33,41-42,48-49,57-63,65-66,82,94-95H,6,12-19,27-30,34-40,43-46,78-81H2,1-5H3,(H,83,97)(H,84,102)(H,85,103)(H,86,105)(H,87,104)(H,88,98)(H,89,99)(H,90,100)(H,91,101)(H,106,107)/b47-33+/t48-,49+,57-,58-,59-,60-,61-,62-,63-,65-,66-/m0/s1. The van der Waals surface area contributed by atoms with Crippen molar-refractivity contribution in [2.45, 2.75) is 185 Å². The van der Waals surface area contributed by atoms with Gasteiger partial charge in [-0.15, -0.1) is 0 Å². The van der Waals surface area contributed by atoms with Gasteiger partial charge in [0.1, 0.15) is 60.1 Å². The molecular formula is C77H112N16O19S2. The number of hydrogen-bond donors (Lipinski definition) is 17. The number of nitro benzene ring substituents is 2. The fourth-order valence-corrected chi connectivity index (χ4v) is 13.0. The van der Waals surface area contributed by atoms with Gasteiger partial charge in [-0.3, -0.25) is 68.2 Å². The fraction of sp³-hybridized carbons (Fsp3) is 0.519. The average Bonchev–Trinajstić information content (AvgIpc) is 0.859. The summed E-state index contributed by atoms with van der Waals surface area (Å²) in [5.41, 5.74) is 25.0. The lowest BCUT2D eigenvalue weighted by atomic mass is 9.97. The number of nitrogens with two attached hydrogens (primary N) is 4. The maximum atomic E-state index is 15.1. The van der Waals surface area contributed by atoms with Gasteiger partial charge in [-0.25, -0.2) is 4.79 Å². The zero-order valence-electron chi connectivity index (χ0n) is 65.0. The first kappa shape index (κ1) is 96.2. The monoisotopic (exact) mass is 1630 g/mol. The van der Waals surface area contributed by atoms with Crippen molar-refractivity contribution in [2.24, 2.45) is 23.1 Å². The van der Waals surface area contributed by atoms with Crippen LogP contribution in [0.1, 0.15) is 149 Å². The SMILES string of the molecule is CC[C@H](C)[C@H](NC(=O)[C@H](CCCCNc1ccc([N+](=O)[O-])cc1[N+](=O)[O-])NC(=O)[C@H](CSC/C=C(\C)COCc1cccc(C(=O)c2ccccc2)c1)NC(=O)[C@H](CCCCN)NC(=O)[C@@H](NC(=O)[C@H](CCCCN)NC(=O)[C@H](CO)NC(=O)[C@H](CCCCN)NC(=O)c1ccccc1N)[C@@H](C)O)C(=O)N[C@@H](CCSC)C(=O)O. The molecule has 37 heteroatoms. The van der Waals surface area contributed by atoms with E-state index in [9.17, 15) is 83.5 Å².